The number of halogens is 2. The third kappa shape index (κ3) is 1.33. The number of aryl methyl sites for hydroxylation is 1. The first-order chi connectivity index (χ1) is 8.11. The Morgan fingerprint density at radius 2 is 1.82 bits per heavy atom. The van der Waals surface area contributed by atoms with Crippen LogP contribution in [0.1, 0.15) is 0 Å². The molecule has 3 aromatic rings. The molecule has 0 atom stereocenters. The lowest BCUT2D eigenvalue weighted by Gasteiger charge is -2.01. The molecule has 5 heteroatoms. The molecule has 0 saturated carbocycles. The minimum absolute atomic E-state index is 0.00612. The lowest BCUT2D eigenvalue weighted by Crippen LogP contribution is -1.89. The summed E-state index contributed by atoms with van der Waals surface area (Å²) in [6, 6.07) is 5.50. The van der Waals surface area contributed by atoms with E-state index in [1.165, 1.54) is 0 Å². The highest BCUT2D eigenvalue weighted by atomic mass is 35.5. The Kier molecular flexibility index (Phi) is 2.21. The lowest BCUT2D eigenvalue weighted by molar-refractivity contribution is 0.458. The number of rotatable bonds is 0. The van der Waals surface area contributed by atoms with Gasteiger partial charge in [0.1, 0.15) is 5.52 Å². The van der Waals surface area contributed by atoms with Crippen molar-refractivity contribution in [3.63, 3.8) is 0 Å². The van der Waals surface area contributed by atoms with Crippen molar-refractivity contribution in [2.45, 2.75) is 0 Å². The van der Waals surface area contributed by atoms with E-state index in [0.717, 1.165) is 16.3 Å². The SMILES string of the molecule is Cn1c2c(O)nccc2c2ccc(Cl)c(Cl)c21. The van der Waals surface area contributed by atoms with Gasteiger partial charge in [0.05, 0.1) is 15.6 Å². The Morgan fingerprint density at radius 3 is 2.59 bits per heavy atom. The van der Waals surface area contributed by atoms with Crippen LogP contribution in [0.4, 0.5) is 0 Å². The summed E-state index contributed by atoms with van der Waals surface area (Å²) < 4.78 is 1.81. The zero-order valence-electron chi connectivity index (χ0n) is 8.91. The second-order valence-corrected chi connectivity index (χ2v) is 4.63. The first-order valence-corrected chi connectivity index (χ1v) is 5.77. The number of hydrogen-bond donors (Lipinski definition) is 1. The molecule has 3 rings (SSSR count). The summed E-state index contributed by atoms with van der Waals surface area (Å²) in [6.07, 6.45) is 1.57. The highest BCUT2D eigenvalue weighted by Gasteiger charge is 2.15. The van der Waals surface area contributed by atoms with E-state index in [4.69, 9.17) is 23.2 Å². The van der Waals surface area contributed by atoms with Gasteiger partial charge in [-0.15, -0.1) is 0 Å². The summed E-state index contributed by atoms with van der Waals surface area (Å²) in [6.45, 7) is 0. The van der Waals surface area contributed by atoms with Crippen LogP contribution >= 0.6 is 23.2 Å². The monoisotopic (exact) mass is 266 g/mol. The van der Waals surface area contributed by atoms with Crippen molar-refractivity contribution in [3.05, 3.63) is 34.4 Å². The van der Waals surface area contributed by atoms with E-state index in [2.05, 4.69) is 4.98 Å². The highest BCUT2D eigenvalue weighted by molar-refractivity contribution is 6.45. The molecule has 0 aliphatic carbocycles. The molecule has 0 saturated heterocycles. The number of fused-ring (bicyclic) bond motifs is 3. The van der Waals surface area contributed by atoms with Crippen molar-refractivity contribution in [2.75, 3.05) is 0 Å². The van der Waals surface area contributed by atoms with Crippen molar-refractivity contribution >= 4 is 45.0 Å². The first-order valence-electron chi connectivity index (χ1n) is 5.01. The maximum absolute atomic E-state index is 9.81. The van der Waals surface area contributed by atoms with Crippen molar-refractivity contribution < 1.29 is 5.11 Å². The third-order valence-electron chi connectivity index (χ3n) is 2.93. The van der Waals surface area contributed by atoms with E-state index in [1.54, 1.807) is 16.8 Å². The summed E-state index contributed by atoms with van der Waals surface area (Å²) in [5.74, 6) is -0.00612. The Balaban J connectivity index is 2.68. The number of nitrogens with zero attached hydrogens (tertiary/aromatic N) is 2. The quantitative estimate of drug-likeness (QED) is 0.673. The van der Waals surface area contributed by atoms with E-state index < -0.39 is 0 Å². The predicted molar refractivity (Wildman–Crippen MR) is 69.9 cm³/mol. The van der Waals surface area contributed by atoms with Gasteiger partial charge in [0, 0.05) is 24.0 Å². The third-order valence-corrected chi connectivity index (χ3v) is 3.73. The van der Waals surface area contributed by atoms with E-state index in [9.17, 15) is 5.11 Å². The number of hydrogen-bond acceptors (Lipinski definition) is 2. The van der Waals surface area contributed by atoms with E-state index in [-0.39, 0.29) is 5.88 Å². The lowest BCUT2D eigenvalue weighted by atomic mass is 10.2. The van der Waals surface area contributed by atoms with Crippen molar-refractivity contribution in [1.82, 2.24) is 9.55 Å². The maximum atomic E-state index is 9.81. The van der Waals surface area contributed by atoms with Crippen LogP contribution in [0.25, 0.3) is 21.8 Å². The molecule has 0 fully saturated rings. The van der Waals surface area contributed by atoms with Crippen LogP contribution in [0.15, 0.2) is 24.4 Å². The van der Waals surface area contributed by atoms with Crippen molar-refractivity contribution in [2.24, 2.45) is 7.05 Å². The molecule has 17 heavy (non-hydrogen) atoms. The van der Waals surface area contributed by atoms with Gasteiger partial charge in [-0.3, -0.25) is 0 Å². The molecule has 3 nitrogen and oxygen atoms in total. The highest BCUT2D eigenvalue weighted by Crippen LogP contribution is 2.38. The molecule has 1 aromatic carbocycles. The molecule has 86 valence electrons. The van der Waals surface area contributed by atoms with Gasteiger partial charge < -0.3 is 9.67 Å². The van der Waals surface area contributed by atoms with Gasteiger partial charge in [0.15, 0.2) is 0 Å². The normalized spacial score (nSPS) is 11.5. The molecular weight excluding hydrogens is 259 g/mol. The largest absolute Gasteiger partial charge is 0.492 e. The van der Waals surface area contributed by atoms with E-state index in [1.807, 2.05) is 19.2 Å². The number of aromatic hydroxyl groups is 1. The Morgan fingerprint density at radius 1 is 1.12 bits per heavy atom. The first kappa shape index (κ1) is 10.7. The van der Waals surface area contributed by atoms with E-state index >= 15 is 0 Å². The molecule has 0 aliphatic heterocycles. The molecule has 0 aliphatic rings. The fourth-order valence-electron chi connectivity index (χ4n) is 2.19. The Hall–Kier alpha value is -1.45. The van der Waals surface area contributed by atoms with Crippen LogP contribution in [0, 0.1) is 0 Å². The Bertz CT molecular complexity index is 749. The fraction of sp³-hybridized carbons (Fsp3) is 0.0833. The van der Waals surface area contributed by atoms with Crippen LogP contribution in [0.5, 0.6) is 5.88 Å². The fourth-order valence-corrected chi connectivity index (χ4v) is 2.63. The molecule has 2 aromatic heterocycles. The number of aromatic nitrogens is 2. The molecule has 0 radical (unpaired) electrons. The van der Waals surface area contributed by atoms with Gasteiger partial charge in [0.2, 0.25) is 5.88 Å². The second-order valence-electron chi connectivity index (χ2n) is 3.85. The van der Waals surface area contributed by atoms with Gasteiger partial charge in [-0.25, -0.2) is 4.98 Å². The van der Waals surface area contributed by atoms with Crippen molar-refractivity contribution in [3.8, 4) is 5.88 Å². The summed E-state index contributed by atoms with van der Waals surface area (Å²) in [7, 11) is 1.83. The smallest absolute Gasteiger partial charge is 0.236 e. The topological polar surface area (TPSA) is 38.0 Å². The van der Waals surface area contributed by atoms with Gasteiger partial charge in [-0.05, 0) is 12.1 Å². The molecule has 0 amide bonds. The van der Waals surface area contributed by atoms with Crippen LogP contribution in [-0.4, -0.2) is 14.7 Å². The number of pyridine rings is 1. The van der Waals surface area contributed by atoms with Gasteiger partial charge in [-0.1, -0.05) is 29.3 Å². The second kappa shape index (κ2) is 3.52. The minimum atomic E-state index is -0.00612. The number of benzene rings is 1. The predicted octanol–water partition coefficient (Wildman–Crippen LogP) is 3.74. The van der Waals surface area contributed by atoms with Crippen LogP contribution in [0.3, 0.4) is 0 Å². The zero-order chi connectivity index (χ0) is 12.2. The van der Waals surface area contributed by atoms with Crippen LogP contribution in [-0.2, 0) is 7.05 Å². The van der Waals surface area contributed by atoms with Gasteiger partial charge >= 0.3 is 0 Å². The molecular formula is C12H8Cl2N2O. The summed E-state index contributed by atoms with van der Waals surface area (Å²) >= 11 is 12.2. The summed E-state index contributed by atoms with van der Waals surface area (Å²) in [5, 5.41) is 12.7. The van der Waals surface area contributed by atoms with Crippen LogP contribution < -0.4 is 0 Å². The molecule has 0 unspecified atom stereocenters. The van der Waals surface area contributed by atoms with Crippen molar-refractivity contribution in [1.29, 1.82) is 0 Å². The molecule has 0 bridgehead atoms. The molecule has 0 spiro atoms. The molecule has 2 heterocycles. The molecule has 1 N–H and O–H groups in total. The zero-order valence-corrected chi connectivity index (χ0v) is 10.4. The van der Waals surface area contributed by atoms with Gasteiger partial charge in [-0.2, -0.15) is 0 Å². The Labute approximate surface area is 107 Å². The van der Waals surface area contributed by atoms with E-state index in [0.29, 0.717) is 15.6 Å². The van der Waals surface area contributed by atoms with Gasteiger partial charge in [0.25, 0.3) is 0 Å². The minimum Gasteiger partial charge on any atom is -0.492 e. The maximum Gasteiger partial charge on any atom is 0.236 e. The average molecular weight is 267 g/mol. The summed E-state index contributed by atoms with van der Waals surface area (Å²) in [4.78, 5) is 3.87. The summed E-state index contributed by atoms with van der Waals surface area (Å²) in [5.41, 5.74) is 1.46. The average Bonchev–Trinajstić information content (AvgIpc) is 2.59. The standard InChI is InChI=1S/C12H8Cl2N2O/c1-16-10-6(2-3-8(13)9(10)14)7-4-5-15-12(17)11(7)16/h2-5H,1H3,(H,15,17). The van der Waals surface area contributed by atoms with Crippen LogP contribution in [0.2, 0.25) is 10.0 Å².